The third-order valence-corrected chi connectivity index (χ3v) is 11.2. The van der Waals surface area contributed by atoms with Crippen LogP contribution in [0.5, 0.6) is 17.6 Å². The van der Waals surface area contributed by atoms with Crippen LogP contribution in [0.1, 0.15) is 31.5 Å². The van der Waals surface area contributed by atoms with E-state index in [2.05, 4.69) is 37.8 Å². The molecule has 6 rings (SSSR count). The molecule has 3 aromatic heterocycles. The maximum Gasteiger partial charge on any atom is 0.345 e. The van der Waals surface area contributed by atoms with Gasteiger partial charge in [0.2, 0.25) is 12.0 Å². The standard InChI is InChI=1S/C42H44ClF2IN6O6S/c1-6-27(26(3)56-23-30-12-13-47-41(49-30)57-24-42(4,45)46)21-33(40(53)54)58-39-36-34(59-50-39)22-48-38(28-8-7-9-29(44)20-28)35(36)31-10-11-32(37(43)25(31)2)55-19-18-52-16-14-51(5)15-17-52/h6-13,20,22,33H,1,14-19,21,23-24H2,2-5H3,(H,53,54)/b27-26-/t33-,42?/m1/s1. The maximum absolute atomic E-state index is 14.7. The first-order chi connectivity index (χ1) is 28.2. The lowest BCUT2D eigenvalue weighted by molar-refractivity contribution is -0.145. The Labute approximate surface area is 364 Å². The number of alkyl halides is 2. The van der Waals surface area contributed by atoms with Gasteiger partial charge in [-0.3, -0.25) is 9.88 Å². The number of carboxylic acid groups (broad SMARTS) is 1. The van der Waals surface area contributed by atoms with Crippen LogP contribution >= 0.6 is 45.7 Å². The van der Waals surface area contributed by atoms with E-state index in [4.69, 9.17) is 35.5 Å². The molecule has 1 saturated heterocycles. The number of allylic oxidation sites excluding steroid dienone is 2. The third kappa shape index (κ3) is 11.4. The van der Waals surface area contributed by atoms with Crippen LogP contribution in [-0.2, 0) is 16.1 Å². The molecule has 0 radical (unpaired) electrons. The van der Waals surface area contributed by atoms with Gasteiger partial charge in [0, 0.05) is 62.7 Å². The first-order valence-electron chi connectivity index (χ1n) is 18.7. The first kappa shape index (κ1) is 44.1. The minimum Gasteiger partial charge on any atom is -0.492 e. The highest BCUT2D eigenvalue weighted by Crippen LogP contribution is 2.46. The average Bonchev–Trinajstić information content (AvgIpc) is 3.62. The summed E-state index contributed by atoms with van der Waals surface area (Å²) in [6, 6.07) is 11.4. The molecule has 17 heteroatoms. The van der Waals surface area contributed by atoms with Gasteiger partial charge in [-0.2, -0.15) is 9.36 Å². The molecule has 5 aromatic rings. The van der Waals surface area contributed by atoms with Gasteiger partial charge < -0.3 is 29.0 Å². The largest absolute Gasteiger partial charge is 0.492 e. The van der Waals surface area contributed by atoms with E-state index in [1.807, 2.05) is 13.0 Å². The Kier molecular flexibility index (Phi) is 14.7. The Morgan fingerprint density at radius 3 is 2.66 bits per heavy atom. The predicted octanol–water partition coefficient (Wildman–Crippen LogP) is 8.94. The van der Waals surface area contributed by atoms with Crippen LogP contribution in [0.15, 0.2) is 78.8 Å². The number of piperazine rings is 1. The summed E-state index contributed by atoms with van der Waals surface area (Å²) in [4.78, 5) is 30.5. The zero-order chi connectivity index (χ0) is 42.3. The van der Waals surface area contributed by atoms with Crippen molar-refractivity contribution in [2.75, 3.05) is 53.0 Å². The number of pyridine rings is 1. The molecule has 59 heavy (non-hydrogen) atoms. The fraction of sp³-hybridized carbons (Fsp3) is 0.357. The summed E-state index contributed by atoms with van der Waals surface area (Å²) in [7, 11) is 2.12. The number of halogens is 4. The highest BCUT2D eigenvalue weighted by molar-refractivity contribution is 14.1. The number of hydrogen-bond acceptors (Lipinski definition) is 12. The van der Waals surface area contributed by atoms with E-state index in [9.17, 15) is 18.7 Å². The van der Waals surface area contributed by atoms with Gasteiger partial charge in [-0.05, 0) is 103 Å². The average molecular weight is 961 g/mol. The topological polar surface area (TPSA) is 132 Å². The Balaban J connectivity index is 1.29. The minimum absolute atomic E-state index is 0.000585. The van der Waals surface area contributed by atoms with E-state index < -0.39 is 21.6 Å². The summed E-state index contributed by atoms with van der Waals surface area (Å²) in [6.07, 6.45) is 3.03. The Morgan fingerprint density at radius 2 is 1.95 bits per heavy atom. The number of ether oxygens (including phenoxy) is 4. The molecule has 12 nitrogen and oxygen atoms in total. The molecular weight excluding hydrogens is 917 g/mol. The first-order valence-corrected chi connectivity index (χ1v) is 21.0. The van der Waals surface area contributed by atoms with Crippen LogP contribution in [0.25, 0.3) is 32.5 Å². The molecule has 312 valence electrons. The minimum atomic E-state index is -1.60. The summed E-state index contributed by atoms with van der Waals surface area (Å²) in [5.74, 6) is -0.727. The van der Waals surface area contributed by atoms with Crippen molar-refractivity contribution in [3.05, 3.63) is 101 Å². The number of rotatable bonds is 18. The molecule has 0 spiro atoms. The van der Waals surface area contributed by atoms with Crippen molar-refractivity contribution >= 4 is 61.8 Å². The van der Waals surface area contributed by atoms with Crippen LogP contribution in [0.4, 0.5) is 8.78 Å². The highest BCUT2D eigenvalue weighted by Gasteiger charge is 2.28. The van der Waals surface area contributed by atoms with Gasteiger partial charge in [0.15, 0.2) is 3.68 Å². The summed E-state index contributed by atoms with van der Waals surface area (Å²) < 4.78 is 56.0. The fourth-order valence-corrected chi connectivity index (χ4v) is 7.46. The number of aliphatic carboxylic acids is 1. The normalized spacial score (nSPS) is 15.6. The number of nitrogens with zero attached hydrogens (tertiary/aromatic N) is 6. The number of fused-ring (bicyclic) bond motifs is 1. The second kappa shape index (κ2) is 19.7. The summed E-state index contributed by atoms with van der Waals surface area (Å²) >= 11 is 9.73. The second-order valence-corrected chi connectivity index (χ2v) is 17.6. The van der Waals surface area contributed by atoms with E-state index in [0.29, 0.717) is 72.4 Å². The Bertz CT molecular complexity index is 2330. The van der Waals surface area contributed by atoms with Gasteiger partial charge in [0.05, 0.1) is 32.3 Å². The second-order valence-electron chi connectivity index (χ2n) is 14.2. The summed E-state index contributed by atoms with van der Waals surface area (Å²) in [5.41, 5.74) is 3.75. The third-order valence-electron chi connectivity index (χ3n) is 9.68. The van der Waals surface area contributed by atoms with E-state index in [1.165, 1.54) is 31.3 Å². The van der Waals surface area contributed by atoms with Gasteiger partial charge in [-0.15, -0.1) is 0 Å². The molecule has 1 fully saturated rings. The molecule has 0 amide bonds. The quantitative estimate of drug-likeness (QED) is 0.0389. The lowest BCUT2D eigenvalue weighted by Crippen LogP contribution is -2.45. The van der Waals surface area contributed by atoms with Gasteiger partial charge in [-0.25, -0.2) is 18.6 Å². The smallest absolute Gasteiger partial charge is 0.345 e. The maximum atomic E-state index is 14.7. The van der Waals surface area contributed by atoms with Crippen molar-refractivity contribution < 1.29 is 37.6 Å². The molecule has 0 aliphatic carbocycles. The van der Waals surface area contributed by atoms with Crippen LogP contribution in [-0.4, -0.2) is 103 Å². The molecule has 1 aliphatic rings. The number of likely N-dealkylation sites (N-methyl/N-ethyl adjacent to an activating group) is 1. The zero-order valence-electron chi connectivity index (χ0n) is 33.0. The molecule has 4 heterocycles. The fourth-order valence-electron chi connectivity index (χ4n) is 6.38. The Hall–Kier alpha value is -4.49. The van der Waals surface area contributed by atoms with Gasteiger partial charge in [0.25, 0.3) is 0 Å². The molecule has 1 aliphatic heterocycles. The van der Waals surface area contributed by atoms with Crippen LogP contribution < -0.4 is 14.2 Å². The number of carbonyl (C=O) groups is 1. The monoisotopic (exact) mass is 960 g/mol. The van der Waals surface area contributed by atoms with Crippen LogP contribution in [0.2, 0.25) is 5.02 Å². The van der Waals surface area contributed by atoms with Crippen LogP contribution in [0.3, 0.4) is 0 Å². The lowest BCUT2D eigenvalue weighted by Gasteiger charge is -2.32. The number of benzene rings is 2. The molecule has 1 N–H and O–H groups in total. The van der Waals surface area contributed by atoms with E-state index >= 15 is 0 Å². The van der Waals surface area contributed by atoms with Crippen LogP contribution in [0, 0.1) is 12.7 Å². The molecule has 0 bridgehead atoms. The molecular formula is C42H44ClF2IN6O6S. The summed E-state index contributed by atoms with van der Waals surface area (Å²) in [5, 5.41) is 11.3. The zero-order valence-corrected chi connectivity index (χ0v) is 36.7. The highest BCUT2D eigenvalue weighted by atomic mass is 127. The van der Waals surface area contributed by atoms with Gasteiger partial charge >= 0.3 is 12.0 Å². The van der Waals surface area contributed by atoms with E-state index in [0.717, 1.165) is 44.3 Å². The van der Waals surface area contributed by atoms with Gasteiger partial charge in [0.1, 0.15) is 31.4 Å². The SMILES string of the molecule is C=C/C(C[C@@H](Oc1nsc2cnc(-c3cccc(F)c3)c(-c3ccc(OCCN4CCN(C)CC4)c(Cl)c3C)c12)C(=O)O)=C(\C)OCc1ccnc(OCC(C)(F)I)n1. The number of hydrogen-bond donors (Lipinski definition) is 1. The van der Waals surface area contributed by atoms with Crippen molar-refractivity contribution in [2.45, 2.75) is 43.6 Å². The van der Waals surface area contributed by atoms with Crippen molar-refractivity contribution in [1.82, 2.24) is 29.1 Å². The van der Waals surface area contributed by atoms with E-state index in [-0.39, 0.29) is 31.5 Å². The van der Waals surface area contributed by atoms with Gasteiger partial charge in [-0.1, -0.05) is 42.5 Å². The molecule has 1 unspecified atom stereocenters. The molecule has 0 saturated carbocycles. The summed E-state index contributed by atoms with van der Waals surface area (Å²) in [6.45, 7) is 13.7. The Morgan fingerprint density at radius 1 is 1.17 bits per heavy atom. The van der Waals surface area contributed by atoms with Crippen molar-refractivity contribution in [1.29, 1.82) is 0 Å². The lowest BCUT2D eigenvalue weighted by atomic mass is 9.93. The number of aromatic nitrogens is 4. The molecule has 2 aromatic carbocycles. The molecule has 2 atom stereocenters. The van der Waals surface area contributed by atoms with Crippen molar-refractivity contribution in [3.63, 3.8) is 0 Å². The van der Waals surface area contributed by atoms with Crippen molar-refractivity contribution in [2.24, 2.45) is 0 Å². The number of carboxylic acids is 1. The van der Waals surface area contributed by atoms with E-state index in [1.54, 1.807) is 60.0 Å². The van der Waals surface area contributed by atoms with Crippen molar-refractivity contribution in [3.8, 4) is 40.0 Å². The predicted molar refractivity (Wildman–Crippen MR) is 233 cm³/mol.